The van der Waals surface area contributed by atoms with E-state index in [4.69, 9.17) is 28.9 Å². The number of benzene rings is 1. The number of hydrogen-bond donors (Lipinski definition) is 1. The Kier molecular flexibility index (Phi) is 3.64. The predicted molar refractivity (Wildman–Crippen MR) is 64.6 cm³/mol. The Morgan fingerprint density at radius 1 is 1.15 bits per heavy atom. The van der Waals surface area contributed by atoms with Gasteiger partial charge in [0.05, 0.1) is 16.6 Å². The lowest BCUT2D eigenvalue weighted by molar-refractivity contribution is -0.391. The van der Waals surface area contributed by atoms with Crippen LogP contribution in [-0.4, -0.2) is 23.9 Å². The molecular formula is C10H6Cl2F4N2O2. The molecule has 0 amide bonds. The van der Waals surface area contributed by atoms with E-state index >= 15 is 0 Å². The number of rotatable bonds is 2. The second-order valence-corrected chi connectivity index (χ2v) is 4.40. The van der Waals surface area contributed by atoms with Gasteiger partial charge in [-0.25, -0.2) is 4.99 Å². The third kappa shape index (κ3) is 2.57. The van der Waals surface area contributed by atoms with Gasteiger partial charge < -0.3 is 15.2 Å². The van der Waals surface area contributed by atoms with Crippen molar-refractivity contribution in [2.24, 2.45) is 10.7 Å². The zero-order chi connectivity index (χ0) is 15.1. The Labute approximate surface area is 120 Å². The smallest absolute Gasteiger partial charge is 0.421 e. The van der Waals surface area contributed by atoms with Crippen molar-refractivity contribution in [3.05, 3.63) is 17.2 Å². The maximum Gasteiger partial charge on any atom is 0.507 e. The van der Waals surface area contributed by atoms with Crippen molar-refractivity contribution in [2.45, 2.75) is 12.2 Å². The Morgan fingerprint density at radius 2 is 1.65 bits per heavy atom. The van der Waals surface area contributed by atoms with Crippen molar-refractivity contribution >= 4 is 34.7 Å². The van der Waals surface area contributed by atoms with Gasteiger partial charge in [0.25, 0.3) is 0 Å². The van der Waals surface area contributed by atoms with Crippen LogP contribution in [0.25, 0.3) is 0 Å². The van der Waals surface area contributed by atoms with E-state index in [1.165, 1.54) is 0 Å². The van der Waals surface area contributed by atoms with Gasteiger partial charge in [-0.2, -0.15) is 17.6 Å². The first-order valence-electron chi connectivity index (χ1n) is 5.02. The minimum absolute atomic E-state index is 0.0395. The molecule has 0 unspecified atom stereocenters. The van der Waals surface area contributed by atoms with Gasteiger partial charge in [0.15, 0.2) is 11.5 Å². The first-order valence-corrected chi connectivity index (χ1v) is 5.94. The van der Waals surface area contributed by atoms with E-state index in [1.807, 2.05) is 0 Å². The van der Waals surface area contributed by atoms with E-state index in [1.54, 1.807) is 0 Å². The van der Waals surface area contributed by atoms with E-state index < -0.39 is 23.7 Å². The van der Waals surface area contributed by atoms with E-state index in [0.29, 0.717) is 0 Å². The third-order valence-corrected chi connectivity index (χ3v) is 2.81. The summed E-state index contributed by atoms with van der Waals surface area (Å²) in [6, 6.07) is 1.78. The molecule has 0 bridgehead atoms. The Hall–Kier alpha value is -1.41. The highest BCUT2D eigenvalue weighted by atomic mass is 35.5. The fourth-order valence-electron chi connectivity index (χ4n) is 1.35. The molecule has 0 atom stereocenters. The number of nitrogens with zero attached hydrogens (tertiary/aromatic N) is 1. The van der Waals surface area contributed by atoms with Gasteiger partial charge in [-0.3, -0.25) is 0 Å². The highest BCUT2D eigenvalue weighted by Gasteiger charge is 2.66. The topological polar surface area (TPSA) is 56.8 Å². The average molecular weight is 333 g/mol. The summed E-state index contributed by atoms with van der Waals surface area (Å²) in [6.45, 7) is 0. The van der Waals surface area contributed by atoms with Crippen LogP contribution in [0.3, 0.4) is 0 Å². The zero-order valence-corrected chi connectivity index (χ0v) is 11.0. The molecule has 2 N–H and O–H groups in total. The molecule has 0 saturated heterocycles. The number of ether oxygens (including phenoxy) is 2. The van der Waals surface area contributed by atoms with Crippen molar-refractivity contribution in [3.63, 3.8) is 0 Å². The van der Waals surface area contributed by atoms with Crippen molar-refractivity contribution in [2.75, 3.05) is 5.88 Å². The van der Waals surface area contributed by atoms with Crippen LogP contribution in [0, 0.1) is 0 Å². The van der Waals surface area contributed by atoms with Gasteiger partial charge in [0.2, 0.25) is 0 Å². The summed E-state index contributed by atoms with van der Waals surface area (Å²) < 4.78 is 59.8. The molecule has 1 aliphatic rings. The second kappa shape index (κ2) is 4.85. The van der Waals surface area contributed by atoms with Crippen molar-refractivity contribution < 1.29 is 27.0 Å². The summed E-state index contributed by atoms with van der Waals surface area (Å²) >= 11 is 11.2. The Morgan fingerprint density at radius 3 is 2.15 bits per heavy atom. The Bertz CT molecular complexity index is 581. The molecule has 0 spiro atoms. The lowest BCUT2D eigenvalue weighted by Crippen LogP contribution is -2.52. The van der Waals surface area contributed by atoms with Crippen LogP contribution >= 0.6 is 23.2 Å². The monoisotopic (exact) mass is 332 g/mol. The van der Waals surface area contributed by atoms with Crippen LogP contribution < -0.4 is 15.2 Å². The predicted octanol–water partition coefficient (Wildman–Crippen LogP) is 3.52. The maximum absolute atomic E-state index is 13.0. The fourth-order valence-corrected chi connectivity index (χ4v) is 1.60. The van der Waals surface area contributed by atoms with Crippen LogP contribution in [0.2, 0.25) is 5.02 Å². The minimum atomic E-state index is -4.81. The van der Waals surface area contributed by atoms with Crippen LogP contribution in [0.15, 0.2) is 17.1 Å². The molecule has 2 rings (SSSR count). The number of fused-ring (bicyclic) bond motifs is 1. The maximum atomic E-state index is 13.0. The van der Waals surface area contributed by atoms with Gasteiger partial charge in [-0.05, 0) is 0 Å². The van der Waals surface area contributed by atoms with Gasteiger partial charge in [0, 0.05) is 12.1 Å². The SMILES string of the molecule is NC(CCl)=Nc1cc2c(cc1Cl)OC(F)(F)C(F)(F)O2. The number of nitrogens with two attached hydrogens (primary N) is 1. The minimum Gasteiger partial charge on any atom is -0.421 e. The molecule has 0 radical (unpaired) electrons. The molecule has 4 nitrogen and oxygen atoms in total. The largest absolute Gasteiger partial charge is 0.507 e. The molecule has 1 aromatic carbocycles. The van der Waals surface area contributed by atoms with Gasteiger partial charge >= 0.3 is 12.2 Å². The molecule has 0 fully saturated rings. The molecule has 0 aromatic heterocycles. The average Bonchev–Trinajstić information content (AvgIpc) is 2.32. The van der Waals surface area contributed by atoms with Crippen LogP contribution in [0.1, 0.15) is 0 Å². The first kappa shape index (κ1) is 15.0. The summed E-state index contributed by atoms with van der Waals surface area (Å²) in [7, 11) is 0. The standard InChI is InChI=1S/C10H6Cl2F4N2O2/c11-3-8(17)18-5-2-7-6(1-4(5)12)19-9(13,14)10(15,16)20-7/h1-2H,3H2,(H2,17,18). The third-order valence-electron chi connectivity index (χ3n) is 2.23. The second-order valence-electron chi connectivity index (χ2n) is 3.72. The fraction of sp³-hybridized carbons (Fsp3) is 0.300. The molecular weight excluding hydrogens is 327 g/mol. The van der Waals surface area contributed by atoms with Crippen LogP contribution in [0.4, 0.5) is 23.2 Å². The van der Waals surface area contributed by atoms with E-state index in [-0.39, 0.29) is 22.4 Å². The highest BCUT2D eigenvalue weighted by Crippen LogP contribution is 2.49. The van der Waals surface area contributed by atoms with Gasteiger partial charge in [-0.15, -0.1) is 11.6 Å². The number of hydrogen-bond acceptors (Lipinski definition) is 3. The Balaban J connectivity index is 2.48. The summed E-state index contributed by atoms with van der Waals surface area (Å²) in [5, 5.41) is -0.138. The zero-order valence-electron chi connectivity index (χ0n) is 9.47. The lowest BCUT2D eigenvalue weighted by atomic mass is 10.2. The van der Waals surface area contributed by atoms with E-state index in [0.717, 1.165) is 12.1 Å². The number of amidine groups is 1. The van der Waals surface area contributed by atoms with Crippen molar-refractivity contribution in [1.29, 1.82) is 0 Å². The van der Waals surface area contributed by atoms with E-state index in [9.17, 15) is 17.6 Å². The molecule has 1 aromatic rings. The lowest BCUT2D eigenvalue weighted by Gasteiger charge is -2.31. The van der Waals surface area contributed by atoms with Gasteiger partial charge in [0.1, 0.15) is 5.84 Å². The molecule has 0 saturated carbocycles. The van der Waals surface area contributed by atoms with Crippen LogP contribution in [-0.2, 0) is 0 Å². The molecule has 110 valence electrons. The highest BCUT2D eigenvalue weighted by molar-refractivity contribution is 6.33. The first-order chi connectivity index (χ1) is 9.16. The summed E-state index contributed by atoms with van der Waals surface area (Å²) in [5.41, 5.74) is 5.30. The van der Waals surface area contributed by atoms with Crippen molar-refractivity contribution in [1.82, 2.24) is 0 Å². The number of aliphatic imine (C=N–C) groups is 1. The van der Waals surface area contributed by atoms with Gasteiger partial charge in [-0.1, -0.05) is 11.6 Å². The number of halogens is 6. The summed E-state index contributed by atoms with van der Waals surface area (Å²) in [5.74, 6) is -1.43. The van der Waals surface area contributed by atoms with Crippen LogP contribution in [0.5, 0.6) is 11.5 Å². The molecule has 1 heterocycles. The molecule has 10 heteroatoms. The molecule has 20 heavy (non-hydrogen) atoms. The number of alkyl halides is 5. The molecule has 1 aliphatic heterocycles. The summed E-state index contributed by atoms with van der Waals surface area (Å²) in [6.07, 6.45) is -9.61. The summed E-state index contributed by atoms with van der Waals surface area (Å²) in [4.78, 5) is 3.73. The molecule has 0 aliphatic carbocycles. The normalized spacial score (nSPS) is 19.8. The van der Waals surface area contributed by atoms with E-state index in [2.05, 4.69) is 14.5 Å². The van der Waals surface area contributed by atoms with Crippen molar-refractivity contribution in [3.8, 4) is 11.5 Å². The quantitative estimate of drug-likeness (QED) is 0.390.